The quantitative estimate of drug-likeness (QED) is 0.262. The van der Waals surface area contributed by atoms with Gasteiger partial charge in [-0.05, 0) is 61.0 Å². The number of carbonyl (C=O) groups excluding carboxylic acids is 1. The van der Waals surface area contributed by atoms with E-state index in [9.17, 15) is 24.3 Å². The van der Waals surface area contributed by atoms with E-state index in [-0.39, 0.29) is 22.0 Å². The zero-order chi connectivity index (χ0) is 25.8. The molecule has 4 aromatic carbocycles. The van der Waals surface area contributed by atoms with Gasteiger partial charge in [0.15, 0.2) is 10.9 Å². The Labute approximate surface area is 208 Å². The fraction of sp³-hybridized carbons (Fsp3) is 0.0345. The molecular weight excluding hydrogens is 470 g/mol. The van der Waals surface area contributed by atoms with Gasteiger partial charge in [-0.15, -0.1) is 0 Å². The molecule has 180 valence electrons. The first-order valence-electron chi connectivity index (χ1n) is 11.5. The molecule has 0 fully saturated rings. The summed E-state index contributed by atoms with van der Waals surface area (Å²) in [6, 6.07) is 19.8. The molecule has 1 amide bonds. The van der Waals surface area contributed by atoms with Gasteiger partial charge >= 0.3 is 5.97 Å². The number of rotatable bonds is 3. The summed E-state index contributed by atoms with van der Waals surface area (Å²) >= 11 is 0. The smallest absolute Gasteiger partial charge is 0.336 e. The van der Waals surface area contributed by atoms with Crippen LogP contribution in [0.4, 0.5) is 5.69 Å². The first-order chi connectivity index (χ1) is 17.8. The number of H-pyrrole nitrogens is 2. The zero-order valence-electron chi connectivity index (χ0n) is 19.5. The average Bonchev–Trinajstić information content (AvgIpc) is 2.90. The van der Waals surface area contributed by atoms with Crippen molar-refractivity contribution in [3.05, 3.63) is 110 Å². The third-order valence-electron chi connectivity index (χ3n) is 6.70. The molecule has 0 aliphatic carbocycles. The first-order valence-corrected chi connectivity index (χ1v) is 11.5. The highest BCUT2D eigenvalue weighted by Gasteiger charge is 2.18. The van der Waals surface area contributed by atoms with Crippen LogP contribution >= 0.6 is 0 Å². The van der Waals surface area contributed by atoms with Gasteiger partial charge in [-0.1, -0.05) is 24.3 Å². The number of hydrogen-bond acceptors (Lipinski definition) is 4. The number of aryl methyl sites for hydroxylation is 1. The number of carbonyl (C=O) groups is 2. The minimum Gasteiger partial charge on any atom is -0.478 e. The Morgan fingerprint density at radius 3 is 2.05 bits per heavy atom. The number of para-hydroxylation sites is 1. The third-order valence-corrected chi connectivity index (χ3v) is 6.70. The molecular formula is C29H19N3O5. The maximum absolute atomic E-state index is 13.6. The lowest BCUT2D eigenvalue weighted by atomic mass is 10.0. The number of nitrogens with one attached hydrogen (secondary N) is 3. The molecule has 0 spiro atoms. The Morgan fingerprint density at radius 1 is 0.703 bits per heavy atom. The van der Waals surface area contributed by atoms with E-state index in [0.29, 0.717) is 54.9 Å². The number of amides is 1. The predicted molar refractivity (Wildman–Crippen MR) is 144 cm³/mol. The van der Waals surface area contributed by atoms with Gasteiger partial charge in [0, 0.05) is 27.4 Å². The van der Waals surface area contributed by atoms with Crippen molar-refractivity contribution in [2.75, 3.05) is 5.32 Å². The second kappa shape index (κ2) is 8.17. The highest BCUT2D eigenvalue weighted by atomic mass is 16.4. The summed E-state index contributed by atoms with van der Waals surface area (Å²) in [4.78, 5) is 57.7. The summed E-state index contributed by atoms with van der Waals surface area (Å²) < 4.78 is 0. The highest BCUT2D eigenvalue weighted by molar-refractivity contribution is 6.12. The summed E-state index contributed by atoms with van der Waals surface area (Å²) in [5, 5.41) is 14.0. The van der Waals surface area contributed by atoms with E-state index in [1.54, 1.807) is 55.5 Å². The molecule has 0 atom stereocenters. The third kappa shape index (κ3) is 3.46. The largest absolute Gasteiger partial charge is 0.478 e. The van der Waals surface area contributed by atoms with Crippen LogP contribution in [0.15, 0.2) is 82.4 Å². The maximum Gasteiger partial charge on any atom is 0.336 e. The number of carboxylic acids is 1. The fourth-order valence-electron chi connectivity index (χ4n) is 4.84. The number of carboxylic acid groups (broad SMARTS) is 1. The van der Waals surface area contributed by atoms with E-state index >= 15 is 0 Å². The van der Waals surface area contributed by atoms with Gasteiger partial charge in [0.05, 0.1) is 33.1 Å². The molecule has 0 aliphatic rings. The number of anilines is 1. The van der Waals surface area contributed by atoms with Crippen LogP contribution in [0.5, 0.6) is 0 Å². The SMILES string of the molecule is Cc1c(NC(=O)c2ccccc2C(=O)O)ccc2[nH]c3cc4c(=O)c5ccccc5[nH]c4cc3c(=O)c12. The standard InChI is InChI=1S/C29H19N3O5/c1-14-20(32-28(35)15-6-2-3-7-16(15)29(36)37)10-11-22-25(14)27(34)19-13-23-18(12-24(19)31-22)26(33)17-8-4-5-9-21(17)30-23/h2-13H,1H3,(H,30,33)(H,31,34)(H,32,35)(H,36,37). The zero-order valence-corrected chi connectivity index (χ0v) is 19.5. The van der Waals surface area contributed by atoms with Crippen molar-refractivity contribution in [3.8, 4) is 0 Å². The first kappa shape index (κ1) is 22.2. The van der Waals surface area contributed by atoms with Crippen molar-refractivity contribution >= 4 is 61.2 Å². The van der Waals surface area contributed by atoms with Crippen LogP contribution in [0, 0.1) is 6.92 Å². The van der Waals surface area contributed by atoms with Crippen LogP contribution in [0.25, 0.3) is 43.6 Å². The number of aromatic nitrogens is 2. The predicted octanol–water partition coefficient (Wildman–Crippen LogP) is 4.93. The molecule has 0 bridgehead atoms. The van der Waals surface area contributed by atoms with Gasteiger partial charge in [0.25, 0.3) is 5.91 Å². The van der Waals surface area contributed by atoms with Crippen LogP contribution in [-0.2, 0) is 0 Å². The van der Waals surface area contributed by atoms with Crippen molar-refractivity contribution in [2.24, 2.45) is 0 Å². The van der Waals surface area contributed by atoms with E-state index in [1.807, 2.05) is 12.1 Å². The van der Waals surface area contributed by atoms with E-state index < -0.39 is 11.9 Å². The lowest BCUT2D eigenvalue weighted by molar-refractivity contribution is 0.0692. The van der Waals surface area contributed by atoms with Gasteiger partial charge < -0.3 is 20.4 Å². The molecule has 0 saturated carbocycles. The van der Waals surface area contributed by atoms with Crippen LogP contribution < -0.4 is 16.2 Å². The summed E-state index contributed by atoms with van der Waals surface area (Å²) in [6.07, 6.45) is 0. The molecule has 2 heterocycles. The maximum atomic E-state index is 13.6. The lowest BCUT2D eigenvalue weighted by Gasteiger charge is -2.13. The van der Waals surface area contributed by atoms with Gasteiger partial charge in [0.1, 0.15) is 0 Å². The molecule has 6 aromatic rings. The number of pyridine rings is 2. The molecule has 0 unspecified atom stereocenters. The Balaban J connectivity index is 1.53. The van der Waals surface area contributed by atoms with Crippen LogP contribution in [-0.4, -0.2) is 27.0 Å². The molecule has 37 heavy (non-hydrogen) atoms. The highest BCUT2D eigenvalue weighted by Crippen LogP contribution is 2.27. The normalized spacial score (nSPS) is 11.4. The number of hydrogen-bond donors (Lipinski definition) is 4. The topological polar surface area (TPSA) is 132 Å². The van der Waals surface area contributed by atoms with E-state index in [4.69, 9.17) is 0 Å². The summed E-state index contributed by atoms with van der Waals surface area (Å²) in [5.74, 6) is -1.80. The van der Waals surface area contributed by atoms with Crippen molar-refractivity contribution in [3.63, 3.8) is 0 Å². The van der Waals surface area contributed by atoms with Crippen molar-refractivity contribution < 1.29 is 14.7 Å². The van der Waals surface area contributed by atoms with Crippen molar-refractivity contribution in [1.29, 1.82) is 0 Å². The second-order valence-corrected chi connectivity index (χ2v) is 8.86. The van der Waals surface area contributed by atoms with Crippen LogP contribution in [0.3, 0.4) is 0 Å². The molecule has 0 saturated heterocycles. The minimum atomic E-state index is -1.21. The van der Waals surface area contributed by atoms with Crippen molar-refractivity contribution in [1.82, 2.24) is 9.97 Å². The Hall–Kier alpha value is -5.24. The number of fused-ring (bicyclic) bond motifs is 4. The number of aromatic amines is 2. The van der Waals surface area contributed by atoms with E-state index in [1.165, 1.54) is 12.1 Å². The fourth-order valence-corrected chi connectivity index (χ4v) is 4.84. The number of benzene rings is 4. The van der Waals surface area contributed by atoms with Crippen LogP contribution in [0.1, 0.15) is 26.3 Å². The molecule has 6 rings (SSSR count). The lowest BCUT2D eigenvalue weighted by Crippen LogP contribution is -2.17. The van der Waals surface area contributed by atoms with Crippen LogP contribution in [0.2, 0.25) is 0 Å². The van der Waals surface area contributed by atoms with Crippen molar-refractivity contribution in [2.45, 2.75) is 6.92 Å². The summed E-state index contributed by atoms with van der Waals surface area (Å²) in [6.45, 7) is 1.72. The monoisotopic (exact) mass is 489 g/mol. The second-order valence-electron chi connectivity index (χ2n) is 8.86. The molecule has 0 radical (unpaired) electrons. The molecule has 0 aliphatic heterocycles. The average molecular weight is 489 g/mol. The van der Waals surface area contributed by atoms with E-state index in [2.05, 4.69) is 15.3 Å². The molecule has 4 N–H and O–H groups in total. The van der Waals surface area contributed by atoms with Gasteiger partial charge in [-0.2, -0.15) is 0 Å². The van der Waals surface area contributed by atoms with Gasteiger partial charge in [-0.25, -0.2) is 4.79 Å². The summed E-state index contributed by atoms with van der Waals surface area (Å²) in [7, 11) is 0. The Bertz CT molecular complexity index is 2070. The Kier molecular flexibility index (Phi) is 4.91. The Morgan fingerprint density at radius 2 is 1.32 bits per heavy atom. The number of aromatic carboxylic acids is 1. The molecule has 8 heteroatoms. The van der Waals surface area contributed by atoms with E-state index in [0.717, 1.165) is 0 Å². The van der Waals surface area contributed by atoms with Gasteiger partial charge in [-0.3, -0.25) is 14.4 Å². The van der Waals surface area contributed by atoms with Gasteiger partial charge in [0.2, 0.25) is 0 Å². The molecule has 8 nitrogen and oxygen atoms in total. The summed E-state index contributed by atoms with van der Waals surface area (Å²) in [5.41, 5.74) is 2.76. The molecule has 2 aromatic heterocycles. The minimum absolute atomic E-state index is 0.0181.